The van der Waals surface area contributed by atoms with Gasteiger partial charge in [0.15, 0.2) is 4.34 Å². The first-order valence-electron chi connectivity index (χ1n) is 5.30. The Morgan fingerprint density at radius 2 is 2.00 bits per heavy atom. The van der Waals surface area contributed by atoms with Crippen LogP contribution < -0.4 is 10.9 Å². The van der Waals surface area contributed by atoms with Crippen LogP contribution >= 0.6 is 23.1 Å². The molecule has 1 aromatic carbocycles. The molecular formula is C11H13N3O2S3. The zero-order valence-corrected chi connectivity index (χ0v) is 12.8. The summed E-state index contributed by atoms with van der Waals surface area (Å²) in [4.78, 5) is 5.14. The summed E-state index contributed by atoms with van der Waals surface area (Å²) >= 11 is 2.89. The second-order valence-electron chi connectivity index (χ2n) is 4.04. The van der Waals surface area contributed by atoms with E-state index >= 15 is 0 Å². The van der Waals surface area contributed by atoms with Crippen LogP contribution in [0.1, 0.15) is 11.3 Å². The SMILES string of the molecule is Cc1csc(Sc2cc(N)cc(S(N)(=O)=O)c2C)n1. The molecule has 0 saturated heterocycles. The first kappa shape index (κ1) is 14.3. The van der Waals surface area contributed by atoms with Gasteiger partial charge in [-0.3, -0.25) is 0 Å². The molecule has 0 unspecified atom stereocenters. The molecule has 4 N–H and O–H groups in total. The second-order valence-corrected chi connectivity index (χ2v) is 7.72. The van der Waals surface area contributed by atoms with Crippen molar-refractivity contribution in [3.05, 3.63) is 28.8 Å². The second kappa shape index (κ2) is 5.12. The van der Waals surface area contributed by atoms with Crippen molar-refractivity contribution in [3.63, 3.8) is 0 Å². The quantitative estimate of drug-likeness (QED) is 0.845. The van der Waals surface area contributed by atoms with E-state index in [1.165, 1.54) is 29.2 Å². The summed E-state index contributed by atoms with van der Waals surface area (Å²) in [6.07, 6.45) is 0. The van der Waals surface area contributed by atoms with Gasteiger partial charge >= 0.3 is 0 Å². The molecule has 0 aliphatic rings. The number of benzene rings is 1. The van der Waals surface area contributed by atoms with Crippen LogP contribution in [0, 0.1) is 13.8 Å². The van der Waals surface area contributed by atoms with Crippen LogP contribution in [0.15, 0.2) is 31.6 Å². The van der Waals surface area contributed by atoms with Gasteiger partial charge in [-0.2, -0.15) is 0 Å². The van der Waals surface area contributed by atoms with Gasteiger partial charge < -0.3 is 5.73 Å². The van der Waals surface area contributed by atoms with Crippen LogP contribution in [0.4, 0.5) is 5.69 Å². The number of nitrogens with zero attached hydrogens (tertiary/aromatic N) is 1. The maximum atomic E-state index is 11.5. The molecule has 0 fully saturated rings. The molecule has 8 heteroatoms. The largest absolute Gasteiger partial charge is 0.399 e. The number of hydrogen-bond acceptors (Lipinski definition) is 6. The molecule has 0 bridgehead atoms. The fourth-order valence-corrected chi connectivity index (χ4v) is 4.42. The zero-order chi connectivity index (χ0) is 14.2. The van der Waals surface area contributed by atoms with Crippen molar-refractivity contribution >= 4 is 38.8 Å². The van der Waals surface area contributed by atoms with Crippen molar-refractivity contribution in [1.82, 2.24) is 4.98 Å². The van der Waals surface area contributed by atoms with Gasteiger partial charge in [-0.25, -0.2) is 18.5 Å². The van der Waals surface area contributed by atoms with E-state index < -0.39 is 10.0 Å². The Balaban J connectivity index is 2.49. The van der Waals surface area contributed by atoms with Crippen molar-refractivity contribution in [2.45, 2.75) is 28.0 Å². The molecule has 0 amide bonds. The van der Waals surface area contributed by atoms with Gasteiger partial charge in [0.05, 0.1) is 4.90 Å². The molecule has 102 valence electrons. The number of thiazole rings is 1. The van der Waals surface area contributed by atoms with E-state index in [9.17, 15) is 8.42 Å². The number of hydrogen-bond donors (Lipinski definition) is 2. The molecule has 0 aliphatic carbocycles. The van der Waals surface area contributed by atoms with Crippen molar-refractivity contribution in [2.75, 3.05) is 5.73 Å². The predicted octanol–water partition coefficient (Wildman–Crippen LogP) is 2.14. The van der Waals surface area contributed by atoms with Crippen LogP contribution in [0.2, 0.25) is 0 Å². The van der Waals surface area contributed by atoms with Gasteiger partial charge in [-0.1, -0.05) is 11.8 Å². The molecule has 2 rings (SSSR count). The smallest absolute Gasteiger partial charge is 0.238 e. The summed E-state index contributed by atoms with van der Waals surface area (Å²) in [5, 5.41) is 7.12. The number of sulfonamides is 1. The van der Waals surface area contributed by atoms with E-state index in [2.05, 4.69) is 4.98 Å². The Morgan fingerprint density at radius 1 is 1.32 bits per heavy atom. The van der Waals surface area contributed by atoms with Gasteiger partial charge in [0.1, 0.15) is 0 Å². The third kappa shape index (κ3) is 3.27. The number of aryl methyl sites for hydroxylation is 1. The highest BCUT2D eigenvalue weighted by Crippen LogP contribution is 2.36. The van der Waals surface area contributed by atoms with Crippen molar-refractivity contribution in [2.24, 2.45) is 5.14 Å². The Bertz CT molecular complexity index is 723. The Morgan fingerprint density at radius 3 is 2.53 bits per heavy atom. The lowest BCUT2D eigenvalue weighted by atomic mass is 10.2. The molecule has 0 saturated carbocycles. The molecule has 0 radical (unpaired) electrons. The van der Waals surface area contributed by atoms with Crippen LogP contribution in [0.25, 0.3) is 0 Å². The number of primary sulfonamides is 1. The molecule has 1 aromatic heterocycles. The third-order valence-corrected chi connectivity index (χ3v) is 5.67. The minimum atomic E-state index is -3.78. The summed E-state index contributed by atoms with van der Waals surface area (Å²) in [5.41, 5.74) is 7.62. The lowest BCUT2D eigenvalue weighted by molar-refractivity contribution is 0.597. The molecule has 5 nitrogen and oxygen atoms in total. The fraction of sp³-hybridized carbons (Fsp3) is 0.182. The van der Waals surface area contributed by atoms with Gasteiger partial charge in [-0.15, -0.1) is 11.3 Å². The fourth-order valence-electron chi connectivity index (χ4n) is 1.56. The minimum Gasteiger partial charge on any atom is -0.399 e. The summed E-state index contributed by atoms with van der Waals surface area (Å²) < 4.78 is 23.9. The van der Waals surface area contributed by atoms with Crippen molar-refractivity contribution in [3.8, 4) is 0 Å². The first-order chi connectivity index (χ1) is 8.77. The molecular weight excluding hydrogens is 302 g/mol. The molecule has 0 aliphatic heterocycles. The predicted molar refractivity (Wildman–Crippen MR) is 77.9 cm³/mol. The topological polar surface area (TPSA) is 99.1 Å². The van der Waals surface area contributed by atoms with Gasteiger partial charge in [0.2, 0.25) is 10.0 Å². The van der Waals surface area contributed by atoms with E-state index in [1.54, 1.807) is 13.0 Å². The van der Waals surface area contributed by atoms with E-state index in [1.807, 2.05) is 12.3 Å². The van der Waals surface area contributed by atoms with Crippen molar-refractivity contribution < 1.29 is 8.42 Å². The summed E-state index contributed by atoms with van der Waals surface area (Å²) in [6, 6.07) is 3.10. The Labute approximate surface area is 120 Å². The normalized spacial score (nSPS) is 11.7. The Hall–Kier alpha value is -1.09. The minimum absolute atomic E-state index is 0.0586. The summed E-state index contributed by atoms with van der Waals surface area (Å²) in [6.45, 7) is 3.62. The molecule has 0 atom stereocenters. The van der Waals surface area contributed by atoms with Crippen LogP contribution in [-0.4, -0.2) is 13.4 Å². The Kier molecular flexibility index (Phi) is 3.86. The van der Waals surface area contributed by atoms with E-state index in [4.69, 9.17) is 10.9 Å². The van der Waals surface area contributed by atoms with Crippen LogP contribution in [-0.2, 0) is 10.0 Å². The van der Waals surface area contributed by atoms with Crippen LogP contribution in [0.3, 0.4) is 0 Å². The first-order valence-corrected chi connectivity index (χ1v) is 8.54. The molecule has 19 heavy (non-hydrogen) atoms. The lowest BCUT2D eigenvalue weighted by Crippen LogP contribution is -2.14. The number of aromatic nitrogens is 1. The standard InChI is InChI=1S/C11H13N3O2S3/c1-6-5-17-11(14-6)18-9-3-8(12)4-10(7(9)2)19(13,15)16/h3-5H,12H2,1-2H3,(H2,13,15,16). The highest BCUT2D eigenvalue weighted by Gasteiger charge is 2.16. The van der Waals surface area contributed by atoms with Gasteiger partial charge in [0, 0.05) is 21.7 Å². The van der Waals surface area contributed by atoms with E-state index in [-0.39, 0.29) is 4.90 Å². The van der Waals surface area contributed by atoms with Crippen LogP contribution in [0.5, 0.6) is 0 Å². The van der Waals surface area contributed by atoms with E-state index in [0.717, 1.165) is 14.9 Å². The average Bonchev–Trinajstić information content (AvgIpc) is 2.67. The average molecular weight is 315 g/mol. The maximum absolute atomic E-state index is 11.5. The third-order valence-electron chi connectivity index (χ3n) is 2.44. The number of rotatable bonds is 3. The van der Waals surface area contributed by atoms with Crippen molar-refractivity contribution in [1.29, 1.82) is 0 Å². The molecule has 0 spiro atoms. The highest BCUT2D eigenvalue weighted by molar-refractivity contribution is 8.01. The lowest BCUT2D eigenvalue weighted by Gasteiger charge is -2.10. The summed E-state index contributed by atoms with van der Waals surface area (Å²) in [7, 11) is -3.78. The van der Waals surface area contributed by atoms with Gasteiger partial charge in [-0.05, 0) is 31.5 Å². The summed E-state index contributed by atoms with van der Waals surface area (Å²) in [5.74, 6) is 0. The highest BCUT2D eigenvalue weighted by atomic mass is 32.2. The maximum Gasteiger partial charge on any atom is 0.238 e. The number of anilines is 1. The number of nitrogen functional groups attached to an aromatic ring is 1. The molecule has 2 aromatic rings. The monoisotopic (exact) mass is 315 g/mol. The van der Waals surface area contributed by atoms with Gasteiger partial charge in [0.25, 0.3) is 0 Å². The number of nitrogens with two attached hydrogens (primary N) is 2. The molecule has 1 heterocycles. The zero-order valence-electron chi connectivity index (χ0n) is 10.4. The van der Waals surface area contributed by atoms with E-state index in [0.29, 0.717) is 11.3 Å².